The van der Waals surface area contributed by atoms with Gasteiger partial charge in [0.05, 0.1) is 17.4 Å². The van der Waals surface area contributed by atoms with E-state index in [1.807, 2.05) is 0 Å². The van der Waals surface area contributed by atoms with Gasteiger partial charge in [0, 0.05) is 13.2 Å². The molecule has 7 heteroatoms. The number of halogens is 1. The average Bonchev–Trinajstić information content (AvgIpc) is 2.59. The topological polar surface area (TPSA) is 82.5 Å². The number of rotatable bonds is 2. The molecule has 0 radical (unpaired) electrons. The van der Waals surface area contributed by atoms with E-state index in [0.29, 0.717) is 4.60 Å². The van der Waals surface area contributed by atoms with Gasteiger partial charge in [-0.15, -0.1) is 5.10 Å². The van der Waals surface area contributed by atoms with Crippen LogP contribution in [0.1, 0.15) is 17.4 Å². The van der Waals surface area contributed by atoms with Crippen molar-refractivity contribution in [2.24, 2.45) is 12.8 Å². The van der Waals surface area contributed by atoms with E-state index in [1.165, 1.54) is 6.33 Å². The molecule has 0 amide bonds. The van der Waals surface area contributed by atoms with Crippen LogP contribution in [0.3, 0.4) is 0 Å². The van der Waals surface area contributed by atoms with E-state index >= 15 is 0 Å². The molecule has 2 aromatic rings. The van der Waals surface area contributed by atoms with Crippen molar-refractivity contribution in [3.8, 4) is 0 Å². The molecule has 6 nitrogen and oxygen atoms in total. The molecule has 0 fully saturated rings. The van der Waals surface area contributed by atoms with Gasteiger partial charge in [-0.25, -0.2) is 14.6 Å². The van der Waals surface area contributed by atoms with Crippen molar-refractivity contribution in [2.75, 3.05) is 0 Å². The van der Waals surface area contributed by atoms with Gasteiger partial charge in [-0.1, -0.05) is 5.21 Å². The van der Waals surface area contributed by atoms with Gasteiger partial charge in [0.1, 0.15) is 6.33 Å². The third-order valence-corrected chi connectivity index (χ3v) is 2.61. The molecule has 0 saturated heterocycles. The number of aryl methyl sites for hydroxylation is 1. The maximum absolute atomic E-state index is 6.04. The van der Waals surface area contributed by atoms with Crippen molar-refractivity contribution in [1.29, 1.82) is 0 Å². The van der Waals surface area contributed by atoms with Crippen LogP contribution < -0.4 is 5.73 Å². The van der Waals surface area contributed by atoms with E-state index in [4.69, 9.17) is 5.73 Å². The first-order valence-electron chi connectivity index (χ1n) is 4.26. The van der Waals surface area contributed by atoms with Crippen molar-refractivity contribution in [1.82, 2.24) is 25.0 Å². The lowest BCUT2D eigenvalue weighted by Crippen LogP contribution is -2.17. The number of nitrogens with two attached hydrogens (primary N) is 1. The molecule has 2 rings (SSSR count). The van der Waals surface area contributed by atoms with Crippen LogP contribution in [0.2, 0.25) is 0 Å². The molecule has 1 unspecified atom stereocenters. The Kier molecular flexibility index (Phi) is 2.74. The second-order valence-electron chi connectivity index (χ2n) is 3.00. The zero-order valence-electron chi connectivity index (χ0n) is 8.00. The largest absolute Gasteiger partial charge is 0.318 e. The molecule has 0 aliphatic carbocycles. The van der Waals surface area contributed by atoms with Gasteiger partial charge in [-0.3, -0.25) is 0 Å². The van der Waals surface area contributed by atoms with Crippen LogP contribution in [-0.2, 0) is 7.05 Å². The zero-order valence-corrected chi connectivity index (χ0v) is 9.59. The molecule has 78 valence electrons. The summed E-state index contributed by atoms with van der Waals surface area (Å²) in [6.07, 6.45) is 3.12. The second kappa shape index (κ2) is 4.03. The Labute approximate surface area is 94.7 Å². The Bertz CT molecular complexity index is 434. The lowest BCUT2D eigenvalue weighted by Gasteiger charge is -2.10. The molecular weight excluding hydrogens is 260 g/mol. The summed E-state index contributed by atoms with van der Waals surface area (Å²) in [6.45, 7) is 0. The van der Waals surface area contributed by atoms with Crippen LogP contribution >= 0.6 is 15.9 Å². The van der Waals surface area contributed by atoms with Gasteiger partial charge >= 0.3 is 0 Å². The van der Waals surface area contributed by atoms with Crippen LogP contribution in [0.15, 0.2) is 23.2 Å². The van der Waals surface area contributed by atoms with Crippen molar-refractivity contribution < 1.29 is 0 Å². The monoisotopic (exact) mass is 268 g/mol. The predicted octanol–water partition coefficient (Wildman–Crippen LogP) is 0.416. The van der Waals surface area contributed by atoms with Crippen LogP contribution in [0, 0.1) is 0 Å². The summed E-state index contributed by atoms with van der Waals surface area (Å²) in [5.41, 5.74) is 7.56. The Hall–Kier alpha value is -1.34. The number of hydrogen-bond donors (Lipinski definition) is 1. The third-order valence-electron chi connectivity index (χ3n) is 2.04. The van der Waals surface area contributed by atoms with Gasteiger partial charge < -0.3 is 5.73 Å². The molecule has 0 aliphatic heterocycles. The molecule has 2 heterocycles. The van der Waals surface area contributed by atoms with Crippen molar-refractivity contribution in [2.45, 2.75) is 6.04 Å². The molecule has 0 spiro atoms. The standard InChI is InChI=1S/C8H9BrN6/c1-15-7(8(9)13-14-15)6(10)5-2-3-11-4-12-5/h2-4,6H,10H2,1H3. The molecule has 2 N–H and O–H groups in total. The van der Waals surface area contributed by atoms with E-state index in [1.54, 1.807) is 24.0 Å². The minimum absolute atomic E-state index is 0.359. The zero-order chi connectivity index (χ0) is 10.8. The van der Waals surface area contributed by atoms with E-state index < -0.39 is 0 Å². The van der Waals surface area contributed by atoms with E-state index in [-0.39, 0.29) is 6.04 Å². The van der Waals surface area contributed by atoms with Gasteiger partial charge in [0.25, 0.3) is 0 Å². The van der Waals surface area contributed by atoms with E-state index in [2.05, 4.69) is 36.2 Å². The summed E-state index contributed by atoms with van der Waals surface area (Å²) in [5, 5.41) is 7.73. The molecule has 0 bridgehead atoms. The first kappa shape index (κ1) is 10.2. The summed E-state index contributed by atoms with van der Waals surface area (Å²) >= 11 is 3.30. The first-order chi connectivity index (χ1) is 7.20. The minimum atomic E-state index is -0.359. The molecule has 0 aliphatic rings. The number of hydrogen-bond acceptors (Lipinski definition) is 5. The summed E-state index contributed by atoms with van der Waals surface area (Å²) in [4.78, 5) is 7.93. The van der Waals surface area contributed by atoms with E-state index in [9.17, 15) is 0 Å². The summed E-state index contributed by atoms with van der Waals surface area (Å²) in [5.74, 6) is 0. The van der Waals surface area contributed by atoms with Crippen LogP contribution in [0.5, 0.6) is 0 Å². The highest BCUT2D eigenvalue weighted by Gasteiger charge is 2.18. The second-order valence-corrected chi connectivity index (χ2v) is 3.75. The van der Waals surface area contributed by atoms with Crippen LogP contribution in [0.25, 0.3) is 0 Å². The fraction of sp³-hybridized carbons (Fsp3) is 0.250. The minimum Gasteiger partial charge on any atom is -0.318 e. The fourth-order valence-corrected chi connectivity index (χ4v) is 1.87. The Morgan fingerprint density at radius 1 is 1.53 bits per heavy atom. The first-order valence-corrected chi connectivity index (χ1v) is 5.06. The van der Waals surface area contributed by atoms with Crippen molar-refractivity contribution in [3.05, 3.63) is 34.6 Å². The molecule has 2 aromatic heterocycles. The molecule has 0 aromatic carbocycles. The quantitative estimate of drug-likeness (QED) is 0.854. The summed E-state index contributed by atoms with van der Waals surface area (Å²) < 4.78 is 2.26. The highest BCUT2D eigenvalue weighted by atomic mass is 79.9. The van der Waals surface area contributed by atoms with Gasteiger partial charge in [0.15, 0.2) is 4.60 Å². The highest BCUT2D eigenvalue weighted by molar-refractivity contribution is 9.10. The molecule has 15 heavy (non-hydrogen) atoms. The maximum atomic E-state index is 6.04. The van der Waals surface area contributed by atoms with Crippen molar-refractivity contribution >= 4 is 15.9 Å². The lowest BCUT2D eigenvalue weighted by molar-refractivity contribution is 0.643. The van der Waals surface area contributed by atoms with Crippen LogP contribution in [0.4, 0.5) is 0 Å². The molecule has 1 atom stereocenters. The normalized spacial score (nSPS) is 12.7. The van der Waals surface area contributed by atoms with Gasteiger partial charge in [-0.05, 0) is 22.0 Å². The van der Waals surface area contributed by atoms with Crippen molar-refractivity contribution in [3.63, 3.8) is 0 Å². The highest BCUT2D eigenvalue weighted by Crippen LogP contribution is 2.22. The van der Waals surface area contributed by atoms with E-state index in [0.717, 1.165) is 11.4 Å². The SMILES string of the molecule is Cn1nnc(Br)c1C(N)c1ccncn1. The molecular formula is C8H9BrN6. The summed E-state index contributed by atoms with van der Waals surface area (Å²) in [6, 6.07) is 1.41. The smallest absolute Gasteiger partial charge is 0.153 e. The third kappa shape index (κ3) is 1.88. The fourth-order valence-electron chi connectivity index (χ4n) is 1.29. The Morgan fingerprint density at radius 2 is 2.33 bits per heavy atom. The van der Waals surface area contributed by atoms with Gasteiger partial charge in [-0.2, -0.15) is 0 Å². The average molecular weight is 269 g/mol. The Balaban J connectivity index is 2.41. The summed E-state index contributed by atoms with van der Waals surface area (Å²) in [7, 11) is 1.79. The predicted molar refractivity (Wildman–Crippen MR) is 56.8 cm³/mol. The van der Waals surface area contributed by atoms with Crippen LogP contribution in [-0.4, -0.2) is 25.0 Å². The Morgan fingerprint density at radius 3 is 2.87 bits per heavy atom. The maximum Gasteiger partial charge on any atom is 0.153 e. The van der Waals surface area contributed by atoms with Gasteiger partial charge in [0.2, 0.25) is 0 Å². The lowest BCUT2D eigenvalue weighted by atomic mass is 10.1. The number of aromatic nitrogens is 5. The number of nitrogens with zero attached hydrogens (tertiary/aromatic N) is 5. The molecule has 0 saturated carbocycles.